The van der Waals surface area contributed by atoms with Crippen molar-refractivity contribution >= 4 is 0 Å². The number of hydrogen-bond acceptors (Lipinski definition) is 7. The number of aromatic nitrogens is 2. The Bertz CT molecular complexity index is 905. The molecule has 0 bridgehead atoms. The molecular weight excluding hydrogens is 344 g/mol. The number of aliphatic hydroxyl groups excluding tert-OH is 2. The van der Waals surface area contributed by atoms with E-state index in [-0.39, 0.29) is 18.6 Å². The molecule has 140 valence electrons. The summed E-state index contributed by atoms with van der Waals surface area (Å²) in [6.45, 7) is -0.369. The van der Waals surface area contributed by atoms with Crippen molar-refractivity contribution in [3.63, 3.8) is 0 Å². The summed E-state index contributed by atoms with van der Waals surface area (Å²) in [5.41, 5.74) is -0.628. The number of hydrogen-bond donors (Lipinski definition) is 3. The Morgan fingerprint density at radius 3 is 2.65 bits per heavy atom. The van der Waals surface area contributed by atoms with Crippen LogP contribution in [0, 0.1) is 0 Å². The monoisotopic (exact) mass is 364 g/mol. The maximum absolute atomic E-state index is 12.4. The van der Waals surface area contributed by atoms with Crippen molar-refractivity contribution in [2.24, 2.45) is 0 Å². The van der Waals surface area contributed by atoms with E-state index >= 15 is 0 Å². The van der Waals surface area contributed by atoms with Gasteiger partial charge in [0.2, 0.25) is 0 Å². The van der Waals surface area contributed by atoms with Gasteiger partial charge in [0.05, 0.1) is 32.5 Å². The van der Waals surface area contributed by atoms with E-state index in [0.29, 0.717) is 17.1 Å². The molecule has 2 heterocycles. The lowest BCUT2D eigenvalue weighted by Crippen LogP contribution is -2.33. The summed E-state index contributed by atoms with van der Waals surface area (Å²) in [6, 6.07) is 4.97. The lowest BCUT2D eigenvalue weighted by molar-refractivity contribution is -0.0458. The van der Waals surface area contributed by atoms with E-state index in [1.54, 1.807) is 18.2 Å². The topological polar surface area (TPSA) is 123 Å². The lowest BCUT2D eigenvalue weighted by atomic mass is 10.1. The Hall–Kier alpha value is -2.62. The van der Waals surface area contributed by atoms with Gasteiger partial charge in [-0.25, -0.2) is 4.79 Å². The third-order valence-corrected chi connectivity index (χ3v) is 4.36. The molecule has 9 nitrogen and oxygen atoms in total. The van der Waals surface area contributed by atoms with E-state index < -0.39 is 29.7 Å². The molecule has 0 unspecified atom stereocenters. The summed E-state index contributed by atoms with van der Waals surface area (Å²) in [7, 11) is 2.97. The minimum absolute atomic E-state index is 0.117. The predicted molar refractivity (Wildman–Crippen MR) is 91.5 cm³/mol. The molecule has 1 saturated heterocycles. The second-order valence-corrected chi connectivity index (χ2v) is 5.89. The Labute approximate surface area is 148 Å². The van der Waals surface area contributed by atoms with Gasteiger partial charge in [-0.3, -0.25) is 14.3 Å². The van der Waals surface area contributed by atoms with E-state index in [2.05, 4.69) is 4.98 Å². The molecule has 0 saturated carbocycles. The first-order valence-corrected chi connectivity index (χ1v) is 8.00. The first-order valence-electron chi connectivity index (χ1n) is 8.00. The van der Waals surface area contributed by atoms with Gasteiger partial charge in [0, 0.05) is 18.2 Å². The largest absolute Gasteiger partial charge is 0.497 e. The van der Waals surface area contributed by atoms with Crippen LogP contribution in [0.3, 0.4) is 0 Å². The van der Waals surface area contributed by atoms with Crippen molar-refractivity contribution in [2.75, 3.05) is 20.8 Å². The third-order valence-electron chi connectivity index (χ3n) is 4.36. The molecule has 26 heavy (non-hydrogen) atoms. The van der Waals surface area contributed by atoms with E-state index in [1.807, 2.05) is 0 Å². The van der Waals surface area contributed by atoms with Gasteiger partial charge in [-0.15, -0.1) is 0 Å². The third kappa shape index (κ3) is 3.24. The molecule has 3 atom stereocenters. The van der Waals surface area contributed by atoms with Gasteiger partial charge < -0.3 is 24.4 Å². The van der Waals surface area contributed by atoms with Crippen molar-refractivity contribution in [2.45, 2.75) is 24.9 Å². The number of benzene rings is 1. The predicted octanol–water partition coefficient (Wildman–Crippen LogP) is -0.138. The first kappa shape index (κ1) is 18.2. The fourth-order valence-electron chi connectivity index (χ4n) is 2.97. The molecule has 2 aromatic rings. The van der Waals surface area contributed by atoms with Crippen molar-refractivity contribution in [3.05, 3.63) is 45.2 Å². The molecular formula is C17H20N2O7. The Morgan fingerprint density at radius 1 is 1.27 bits per heavy atom. The van der Waals surface area contributed by atoms with Crippen LogP contribution in [0.5, 0.6) is 11.5 Å². The van der Waals surface area contributed by atoms with Gasteiger partial charge in [0.1, 0.15) is 23.8 Å². The molecule has 0 radical (unpaired) electrons. The van der Waals surface area contributed by atoms with Gasteiger partial charge in [-0.1, -0.05) is 0 Å². The quantitative estimate of drug-likeness (QED) is 0.675. The van der Waals surface area contributed by atoms with Crippen LogP contribution in [0.1, 0.15) is 12.6 Å². The molecule has 1 aromatic carbocycles. The van der Waals surface area contributed by atoms with Gasteiger partial charge in [0.25, 0.3) is 5.56 Å². The van der Waals surface area contributed by atoms with Gasteiger partial charge in [0.15, 0.2) is 0 Å². The number of rotatable bonds is 5. The number of aromatic amines is 1. The zero-order chi connectivity index (χ0) is 18.8. The molecule has 1 aliphatic heterocycles. The highest BCUT2D eigenvalue weighted by Gasteiger charge is 2.35. The van der Waals surface area contributed by atoms with Crippen molar-refractivity contribution in [1.29, 1.82) is 0 Å². The van der Waals surface area contributed by atoms with Crippen LogP contribution in [-0.4, -0.2) is 52.8 Å². The van der Waals surface area contributed by atoms with Crippen LogP contribution in [0.2, 0.25) is 0 Å². The van der Waals surface area contributed by atoms with Crippen molar-refractivity contribution < 1.29 is 24.4 Å². The standard InChI is InChI=1S/C17H20N2O7/c1-24-9-3-4-13(25-2)10(5-9)11-7-19(17(23)18-16(11)22)15-6-12(21)14(8-20)26-15/h3-5,7,12,14-15,20-21H,6,8H2,1-2H3,(H,18,22,23)/t12-,14+,15+/m0/s1. The van der Waals surface area contributed by atoms with E-state index in [0.717, 1.165) is 0 Å². The fraction of sp³-hybridized carbons (Fsp3) is 0.412. The maximum atomic E-state index is 12.4. The van der Waals surface area contributed by atoms with Gasteiger partial charge in [-0.2, -0.15) is 0 Å². The highest BCUT2D eigenvalue weighted by molar-refractivity contribution is 5.70. The van der Waals surface area contributed by atoms with E-state index in [4.69, 9.17) is 14.2 Å². The van der Waals surface area contributed by atoms with Crippen molar-refractivity contribution in [3.8, 4) is 22.6 Å². The molecule has 0 amide bonds. The fourth-order valence-corrected chi connectivity index (χ4v) is 2.97. The van der Waals surface area contributed by atoms with E-state index in [9.17, 15) is 19.8 Å². The first-order chi connectivity index (χ1) is 12.5. The average molecular weight is 364 g/mol. The summed E-state index contributed by atoms with van der Waals surface area (Å²) in [5, 5.41) is 19.1. The number of aliphatic hydroxyl groups is 2. The normalized spacial score (nSPS) is 22.4. The number of ether oxygens (including phenoxy) is 3. The number of H-pyrrole nitrogens is 1. The molecule has 1 aromatic heterocycles. The molecule has 1 fully saturated rings. The highest BCUT2D eigenvalue weighted by atomic mass is 16.5. The SMILES string of the molecule is COc1ccc(OC)c(-c2cn([C@H]3C[C@H](O)[C@@H](CO)O3)c(=O)[nH]c2=O)c1. The number of methoxy groups -OCH3 is 2. The van der Waals surface area contributed by atoms with Crippen LogP contribution in [-0.2, 0) is 4.74 Å². The second kappa shape index (κ2) is 7.32. The maximum Gasteiger partial charge on any atom is 0.330 e. The minimum Gasteiger partial charge on any atom is -0.497 e. The Kier molecular flexibility index (Phi) is 5.12. The summed E-state index contributed by atoms with van der Waals surface area (Å²) in [5.74, 6) is 0.952. The second-order valence-electron chi connectivity index (χ2n) is 5.89. The summed E-state index contributed by atoms with van der Waals surface area (Å²) < 4.78 is 17.2. The van der Waals surface area contributed by atoms with Crippen molar-refractivity contribution in [1.82, 2.24) is 9.55 Å². The molecule has 0 aliphatic carbocycles. The number of nitrogens with one attached hydrogen (secondary N) is 1. The molecule has 3 rings (SSSR count). The van der Waals surface area contributed by atoms with Crippen LogP contribution < -0.4 is 20.7 Å². The zero-order valence-corrected chi connectivity index (χ0v) is 14.3. The van der Waals surface area contributed by atoms with Gasteiger partial charge in [-0.05, 0) is 18.2 Å². The Balaban J connectivity index is 2.11. The molecule has 3 N–H and O–H groups in total. The van der Waals surface area contributed by atoms with Crippen LogP contribution in [0.25, 0.3) is 11.1 Å². The average Bonchev–Trinajstić information content (AvgIpc) is 3.01. The Morgan fingerprint density at radius 2 is 2.04 bits per heavy atom. The van der Waals surface area contributed by atoms with Crippen LogP contribution in [0.4, 0.5) is 0 Å². The molecule has 1 aliphatic rings. The lowest BCUT2D eigenvalue weighted by Gasteiger charge is -2.16. The van der Waals surface area contributed by atoms with Gasteiger partial charge >= 0.3 is 5.69 Å². The zero-order valence-electron chi connectivity index (χ0n) is 14.3. The summed E-state index contributed by atoms with van der Waals surface area (Å²) in [4.78, 5) is 26.8. The molecule has 9 heteroatoms. The molecule has 0 spiro atoms. The summed E-state index contributed by atoms with van der Waals surface area (Å²) in [6.07, 6.45) is -1.02. The summed E-state index contributed by atoms with van der Waals surface area (Å²) >= 11 is 0. The smallest absolute Gasteiger partial charge is 0.330 e. The number of nitrogens with zero attached hydrogens (tertiary/aromatic N) is 1. The highest BCUT2D eigenvalue weighted by Crippen LogP contribution is 2.33. The van der Waals surface area contributed by atoms with E-state index in [1.165, 1.54) is 25.0 Å². The van der Waals surface area contributed by atoms with Crippen LogP contribution in [0.15, 0.2) is 34.0 Å². The minimum atomic E-state index is -0.904. The van der Waals surface area contributed by atoms with Crippen LogP contribution >= 0.6 is 0 Å².